The van der Waals surface area contributed by atoms with Crippen molar-refractivity contribution in [1.29, 1.82) is 0 Å². The summed E-state index contributed by atoms with van der Waals surface area (Å²) in [5, 5.41) is 11.1. The Kier molecular flexibility index (Phi) is 6.78. The number of allylic oxidation sites excluding steroid dienone is 1. The van der Waals surface area contributed by atoms with E-state index < -0.39 is 5.97 Å². The Morgan fingerprint density at radius 1 is 1.50 bits per heavy atom. The van der Waals surface area contributed by atoms with E-state index in [0.29, 0.717) is 12.8 Å². The molecule has 0 rings (SSSR count). The number of amides is 1. The van der Waals surface area contributed by atoms with Crippen molar-refractivity contribution < 1.29 is 19.5 Å². The van der Waals surface area contributed by atoms with Crippen LogP contribution >= 0.6 is 0 Å². The molecule has 0 aliphatic rings. The van der Waals surface area contributed by atoms with E-state index in [1.54, 1.807) is 14.0 Å². The molecule has 0 aromatic heterocycles. The number of nitrogens with one attached hydrogen (secondary N) is 1. The quantitative estimate of drug-likeness (QED) is 0.443. The van der Waals surface area contributed by atoms with Gasteiger partial charge in [-0.1, -0.05) is 0 Å². The first-order valence-corrected chi connectivity index (χ1v) is 4.80. The molecule has 0 aliphatic carbocycles. The van der Waals surface area contributed by atoms with Gasteiger partial charge in [-0.2, -0.15) is 0 Å². The molecule has 0 saturated heterocycles. The molecule has 0 spiro atoms. The van der Waals surface area contributed by atoms with Gasteiger partial charge in [-0.05, 0) is 13.0 Å². The third-order valence-corrected chi connectivity index (χ3v) is 2.04. The smallest absolute Gasteiger partial charge is 0.317 e. The zero-order valence-electron chi connectivity index (χ0n) is 9.34. The molecule has 6 heteroatoms. The molecule has 6 nitrogen and oxygen atoms in total. The van der Waals surface area contributed by atoms with E-state index in [0.717, 1.165) is 6.08 Å². The number of carbonyl (C=O) groups excluding carboxylic acids is 2. The van der Waals surface area contributed by atoms with Gasteiger partial charge >= 0.3 is 5.97 Å². The second-order valence-electron chi connectivity index (χ2n) is 3.32. The SMILES string of the molecule is C[C@H](CNCC(=O)O)N(C)C(=O)/C=C\C=O. The predicted molar refractivity (Wildman–Crippen MR) is 57.9 cm³/mol. The molecule has 0 aromatic carbocycles. The fraction of sp³-hybridized carbons (Fsp3) is 0.500. The lowest BCUT2D eigenvalue weighted by Crippen LogP contribution is -2.42. The third kappa shape index (κ3) is 5.92. The summed E-state index contributed by atoms with van der Waals surface area (Å²) in [6.45, 7) is 2.02. The average molecular weight is 228 g/mol. The Morgan fingerprint density at radius 3 is 2.62 bits per heavy atom. The largest absolute Gasteiger partial charge is 0.480 e. The number of carboxylic acid groups (broad SMARTS) is 1. The van der Waals surface area contributed by atoms with Crippen molar-refractivity contribution in [3.05, 3.63) is 12.2 Å². The standard InChI is InChI=1S/C10H16N2O4/c1-8(6-11-7-10(15)16)12(2)9(14)4-3-5-13/h3-5,8,11H,6-7H2,1-2H3,(H,15,16)/b4-3-/t8-/m1/s1. The molecule has 16 heavy (non-hydrogen) atoms. The number of carboxylic acids is 1. The molecule has 2 N–H and O–H groups in total. The van der Waals surface area contributed by atoms with Crippen LogP contribution in [0.2, 0.25) is 0 Å². The van der Waals surface area contributed by atoms with Gasteiger partial charge < -0.3 is 15.3 Å². The summed E-state index contributed by atoms with van der Waals surface area (Å²) in [6, 6.07) is -0.150. The Balaban J connectivity index is 4.01. The van der Waals surface area contributed by atoms with E-state index >= 15 is 0 Å². The van der Waals surface area contributed by atoms with Gasteiger partial charge in [-0.3, -0.25) is 14.4 Å². The fourth-order valence-corrected chi connectivity index (χ4v) is 0.981. The van der Waals surface area contributed by atoms with Gasteiger partial charge in [0.2, 0.25) is 5.91 Å². The van der Waals surface area contributed by atoms with E-state index in [4.69, 9.17) is 5.11 Å². The summed E-state index contributed by atoms with van der Waals surface area (Å²) in [5.74, 6) is -1.24. The minimum Gasteiger partial charge on any atom is -0.480 e. The summed E-state index contributed by atoms with van der Waals surface area (Å²) in [4.78, 5) is 33.0. The maximum absolute atomic E-state index is 11.4. The third-order valence-electron chi connectivity index (χ3n) is 2.04. The molecular weight excluding hydrogens is 212 g/mol. The highest BCUT2D eigenvalue weighted by molar-refractivity contribution is 5.90. The summed E-state index contributed by atoms with van der Waals surface area (Å²) in [7, 11) is 1.59. The minimum absolute atomic E-state index is 0.142. The van der Waals surface area contributed by atoms with Gasteiger partial charge in [0, 0.05) is 25.7 Å². The number of rotatable bonds is 7. The van der Waals surface area contributed by atoms with Crippen molar-refractivity contribution in [2.45, 2.75) is 13.0 Å². The van der Waals surface area contributed by atoms with Crippen molar-refractivity contribution in [1.82, 2.24) is 10.2 Å². The highest BCUT2D eigenvalue weighted by Gasteiger charge is 2.12. The van der Waals surface area contributed by atoms with Crippen LogP contribution in [-0.2, 0) is 14.4 Å². The highest BCUT2D eigenvalue weighted by Crippen LogP contribution is 1.95. The van der Waals surface area contributed by atoms with Crippen LogP contribution in [-0.4, -0.2) is 54.3 Å². The predicted octanol–water partition coefficient (Wildman–Crippen LogP) is -0.737. The van der Waals surface area contributed by atoms with Crippen molar-refractivity contribution in [3.8, 4) is 0 Å². The lowest BCUT2D eigenvalue weighted by atomic mass is 10.3. The Bertz CT molecular complexity index is 289. The number of aldehydes is 1. The van der Waals surface area contributed by atoms with E-state index in [9.17, 15) is 14.4 Å². The van der Waals surface area contributed by atoms with Gasteiger partial charge in [0.05, 0.1) is 6.54 Å². The second-order valence-corrected chi connectivity index (χ2v) is 3.32. The zero-order valence-corrected chi connectivity index (χ0v) is 9.34. The van der Waals surface area contributed by atoms with Gasteiger partial charge in [0.1, 0.15) is 6.29 Å². The fourth-order valence-electron chi connectivity index (χ4n) is 0.981. The van der Waals surface area contributed by atoms with Crippen molar-refractivity contribution in [3.63, 3.8) is 0 Å². The average Bonchev–Trinajstić information content (AvgIpc) is 2.24. The number of hydrogen-bond acceptors (Lipinski definition) is 4. The number of hydrogen-bond donors (Lipinski definition) is 2. The molecule has 90 valence electrons. The number of aliphatic carboxylic acids is 1. The molecule has 0 aliphatic heterocycles. The molecular formula is C10H16N2O4. The van der Waals surface area contributed by atoms with Crippen LogP contribution in [0.25, 0.3) is 0 Å². The van der Waals surface area contributed by atoms with Crippen molar-refractivity contribution >= 4 is 18.2 Å². The van der Waals surface area contributed by atoms with Crippen LogP contribution in [0.4, 0.5) is 0 Å². The molecule has 1 atom stereocenters. The number of nitrogens with zero attached hydrogens (tertiary/aromatic N) is 1. The van der Waals surface area contributed by atoms with Crippen molar-refractivity contribution in [2.24, 2.45) is 0 Å². The maximum Gasteiger partial charge on any atom is 0.317 e. The summed E-state index contributed by atoms with van der Waals surface area (Å²) in [6.07, 6.45) is 2.82. The second kappa shape index (κ2) is 7.58. The molecule has 0 saturated carbocycles. The van der Waals surface area contributed by atoms with Crippen LogP contribution in [0, 0.1) is 0 Å². The maximum atomic E-state index is 11.4. The Morgan fingerprint density at radius 2 is 2.12 bits per heavy atom. The van der Waals surface area contributed by atoms with E-state index in [1.165, 1.54) is 11.0 Å². The van der Waals surface area contributed by atoms with E-state index in [2.05, 4.69) is 5.32 Å². The van der Waals surface area contributed by atoms with Crippen molar-refractivity contribution in [2.75, 3.05) is 20.1 Å². The Labute approximate surface area is 93.9 Å². The van der Waals surface area contributed by atoms with Gasteiger partial charge in [0.15, 0.2) is 0 Å². The number of likely N-dealkylation sites (N-methyl/N-ethyl adjacent to an activating group) is 1. The summed E-state index contributed by atoms with van der Waals surface area (Å²) in [5.41, 5.74) is 0. The first-order chi connectivity index (χ1) is 7.49. The number of carbonyl (C=O) groups is 3. The van der Waals surface area contributed by atoms with Gasteiger partial charge in [-0.15, -0.1) is 0 Å². The first-order valence-electron chi connectivity index (χ1n) is 4.80. The molecule has 1 amide bonds. The normalized spacial score (nSPS) is 12.4. The topological polar surface area (TPSA) is 86.7 Å². The monoisotopic (exact) mass is 228 g/mol. The summed E-state index contributed by atoms with van der Waals surface area (Å²) >= 11 is 0. The van der Waals surface area contributed by atoms with Crippen LogP contribution in [0.15, 0.2) is 12.2 Å². The molecule has 0 unspecified atom stereocenters. The van der Waals surface area contributed by atoms with Crippen LogP contribution in [0.3, 0.4) is 0 Å². The van der Waals surface area contributed by atoms with Gasteiger partial charge in [0.25, 0.3) is 0 Å². The first kappa shape index (κ1) is 14.3. The Hall–Kier alpha value is -1.69. The lowest BCUT2D eigenvalue weighted by Gasteiger charge is -2.23. The van der Waals surface area contributed by atoms with E-state index in [-0.39, 0.29) is 18.5 Å². The molecule has 0 radical (unpaired) electrons. The molecule has 0 fully saturated rings. The van der Waals surface area contributed by atoms with Crippen LogP contribution in [0.1, 0.15) is 6.92 Å². The highest BCUT2D eigenvalue weighted by atomic mass is 16.4. The molecule has 0 aromatic rings. The minimum atomic E-state index is -0.943. The lowest BCUT2D eigenvalue weighted by molar-refractivity contribution is -0.136. The van der Waals surface area contributed by atoms with Crippen LogP contribution < -0.4 is 5.32 Å². The van der Waals surface area contributed by atoms with E-state index in [1.807, 2.05) is 0 Å². The molecule has 0 heterocycles. The van der Waals surface area contributed by atoms with Crippen LogP contribution in [0.5, 0.6) is 0 Å². The van der Waals surface area contributed by atoms with Gasteiger partial charge in [-0.25, -0.2) is 0 Å². The zero-order chi connectivity index (χ0) is 12.6. The summed E-state index contributed by atoms with van der Waals surface area (Å²) < 4.78 is 0. The molecule has 0 bridgehead atoms.